The molecule has 1 aromatic carbocycles. The quantitative estimate of drug-likeness (QED) is 0.220. The summed E-state index contributed by atoms with van der Waals surface area (Å²) in [5, 5.41) is 8.17. The molecule has 5 heterocycles. The van der Waals surface area contributed by atoms with Crippen molar-refractivity contribution in [2.45, 2.75) is 20.3 Å². The molecule has 8 nitrogen and oxygen atoms in total. The van der Waals surface area contributed by atoms with Gasteiger partial charge in [0.25, 0.3) is 18.2 Å². The first-order chi connectivity index (χ1) is 19.6. The molecule has 0 bridgehead atoms. The predicted molar refractivity (Wildman–Crippen MR) is 158 cm³/mol. The summed E-state index contributed by atoms with van der Waals surface area (Å²) in [5.74, 6) is -1.32. The lowest BCUT2D eigenvalue weighted by Crippen LogP contribution is -2.17. The molecule has 0 aliphatic heterocycles. The second-order valence-electron chi connectivity index (χ2n) is 9.45. The number of thiophene rings is 2. The van der Waals surface area contributed by atoms with Gasteiger partial charge in [0.15, 0.2) is 0 Å². The maximum Gasteiger partial charge on any atom is 0.280 e. The Morgan fingerprint density at radius 1 is 1.02 bits per heavy atom. The molecule has 0 aliphatic rings. The van der Waals surface area contributed by atoms with E-state index >= 15 is 0 Å². The van der Waals surface area contributed by atoms with Crippen molar-refractivity contribution in [3.8, 4) is 21.7 Å². The first-order valence-corrected chi connectivity index (χ1v) is 14.1. The van der Waals surface area contributed by atoms with Crippen molar-refractivity contribution in [3.05, 3.63) is 81.4 Å². The zero-order valence-electron chi connectivity index (χ0n) is 22.0. The van der Waals surface area contributed by atoms with E-state index in [0.29, 0.717) is 38.0 Å². The van der Waals surface area contributed by atoms with Crippen LogP contribution in [0, 0.1) is 13.8 Å². The standard InChI is InChI=1S/C29H22F2N6O2S2/c1-13-8-9-22(40-13)17-11-21(26(30)31)35-29-23(17)24(25(41-29)27(32)38)36-28(39)16-10-20(18-12-33-37(3)14(18)2)34-19-7-5-4-6-15(16)19/h4-12,26H,1-3H3,(H2,32,38)(H,36,39). The number of halogens is 2. The summed E-state index contributed by atoms with van der Waals surface area (Å²) < 4.78 is 29.4. The van der Waals surface area contributed by atoms with E-state index in [1.165, 1.54) is 17.4 Å². The minimum absolute atomic E-state index is 0.0171. The second-order valence-corrected chi connectivity index (χ2v) is 11.7. The first-order valence-electron chi connectivity index (χ1n) is 12.4. The molecule has 5 aromatic heterocycles. The van der Waals surface area contributed by atoms with Crippen LogP contribution in [0.4, 0.5) is 14.5 Å². The second kappa shape index (κ2) is 10.1. The van der Waals surface area contributed by atoms with Gasteiger partial charge >= 0.3 is 0 Å². The van der Waals surface area contributed by atoms with Crippen molar-refractivity contribution in [2.24, 2.45) is 12.8 Å². The van der Waals surface area contributed by atoms with Crippen LogP contribution >= 0.6 is 22.7 Å². The number of hydrogen-bond donors (Lipinski definition) is 2. The summed E-state index contributed by atoms with van der Waals surface area (Å²) in [6.45, 7) is 3.81. The number of hydrogen-bond acceptors (Lipinski definition) is 7. The summed E-state index contributed by atoms with van der Waals surface area (Å²) in [6.07, 6.45) is -1.14. The monoisotopic (exact) mass is 588 g/mol. The van der Waals surface area contributed by atoms with E-state index in [9.17, 15) is 18.4 Å². The van der Waals surface area contributed by atoms with Gasteiger partial charge in [-0.15, -0.1) is 22.7 Å². The van der Waals surface area contributed by atoms with Crippen LogP contribution in [0.5, 0.6) is 0 Å². The van der Waals surface area contributed by atoms with Gasteiger partial charge in [0.05, 0.1) is 28.7 Å². The largest absolute Gasteiger partial charge is 0.365 e. The minimum Gasteiger partial charge on any atom is -0.365 e. The van der Waals surface area contributed by atoms with Crippen LogP contribution < -0.4 is 11.1 Å². The number of rotatable bonds is 6. The molecule has 0 radical (unpaired) electrons. The van der Waals surface area contributed by atoms with Crippen molar-refractivity contribution in [1.29, 1.82) is 0 Å². The number of para-hydroxylation sites is 1. The number of anilines is 1. The van der Waals surface area contributed by atoms with E-state index in [1.54, 1.807) is 29.1 Å². The van der Waals surface area contributed by atoms with Gasteiger partial charge < -0.3 is 11.1 Å². The Labute approximate surface area is 240 Å². The third-order valence-electron chi connectivity index (χ3n) is 6.85. The number of carbonyl (C=O) groups is 2. The number of nitrogens with one attached hydrogen (secondary N) is 1. The molecule has 206 valence electrons. The molecule has 2 amide bonds. The summed E-state index contributed by atoms with van der Waals surface area (Å²) in [7, 11) is 1.82. The predicted octanol–water partition coefficient (Wildman–Crippen LogP) is 6.88. The zero-order chi connectivity index (χ0) is 29.0. The SMILES string of the molecule is Cc1ccc(-c2cc(C(F)F)nc3sc(C(N)=O)c(NC(=O)c4cc(-c5cnn(C)c5C)nc5ccccc45)c23)s1. The number of carbonyl (C=O) groups excluding carboxylic acids is 2. The van der Waals surface area contributed by atoms with Crippen molar-refractivity contribution in [2.75, 3.05) is 5.32 Å². The maximum atomic E-state index is 14.0. The van der Waals surface area contributed by atoms with E-state index in [-0.39, 0.29) is 15.4 Å². The number of alkyl halides is 2. The Kier molecular flexibility index (Phi) is 6.59. The Hall–Kier alpha value is -4.55. The van der Waals surface area contributed by atoms with E-state index in [1.807, 2.05) is 45.2 Å². The Bertz CT molecular complexity index is 2010. The normalized spacial score (nSPS) is 11.6. The molecule has 6 aromatic rings. The molecule has 0 fully saturated rings. The van der Waals surface area contributed by atoms with Gasteiger partial charge in [0, 0.05) is 44.4 Å². The average Bonchev–Trinajstić information content (AvgIpc) is 3.64. The van der Waals surface area contributed by atoms with Gasteiger partial charge in [0.1, 0.15) is 15.4 Å². The lowest BCUT2D eigenvalue weighted by Gasteiger charge is -2.12. The number of aromatic nitrogens is 4. The Balaban J connectivity index is 1.56. The summed E-state index contributed by atoms with van der Waals surface area (Å²) in [6, 6.07) is 13.9. The molecule has 41 heavy (non-hydrogen) atoms. The highest BCUT2D eigenvalue weighted by molar-refractivity contribution is 7.21. The third-order valence-corrected chi connectivity index (χ3v) is 8.98. The van der Waals surface area contributed by atoms with Gasteiger partial charge in [-0.25, -0.2) is 18.7 Å². The summed E-state index contributed by atoms with van der Waals surface area (Å²) >= 11 is 2.28. The molecule has 0 saturated carbocycles. The molecule has 0 aliphatic carbocycles. The summed E-state index contributed by atoms with van der Waals surface area (Å²) in [5.41, 5.74) is 8.98. The molecule has 0 spiro atoms. The highest BCUT2D eigenvalue weighted by atomic mass is 32.1. The molecular weight excluding hydrogens is 566 g/mol. The van der Waals surface area contributed by atoms with E-state index in [0.717, 1.165) is 27.5 Å². The van der Waals surface area contributed by atoms with Crippen LogP contribution in [-0.4, -0.2) is 31.6 Å². The Morgan fingerprint density at radius 2 is 1.80 bits per heavy atom. The maximum absolute atomic E-state index is 14.0. The number of fused-ring (bicyclic) bond motifs is 2. The molecular formula is C29H22F2N6O2S2. The van der Waals surface area contributed by atoms with Crippen LogP contribution in [-0.2, 0) is 7.05 Å². The summed E-state index contributed by atoms with van der Waals surface area (Å²) in [4.78, 5) is 37.3. The van der Waals surface area contributed by atoms with Crippen LogP contribution in [0.3, 0.4) is 0 Å². The number of amides is 2. The van der Waals surface area contributed by atoms with E-state index in [2.05, 4.69) is 15.4 Å². The lowest BCUT2D eigenvalue weighted by atomic mass is 10.0. The van der Waals surface area contributed by atoms with Crippen molar-refractivity contribution in [3.63, 3.8) is 0 Å². The number of benzene rings is 1. The van der Waals surface area contributed by atoms with Gasteiger partial charge in [-0.2, -0.15) is 5.10 Å². The van der Waals surface area contributed by atoms with Gasteiger partial charge in [0.2, 0.25) is 0 Å². The van der Waals surface area contributed by atoms with Crippen LogP contribution in [0.15, 0.2) is 54.7 Å². The fourth-order valence-corrected chi connectivity index (χ4v) is 6.63. The van der Waals surface area contributed by atoms with E-state index < -0.39 is 23.9 Å². The topological polar surface area (TPSA) is 116 Å². The van der Waals surface area contributed by atoms with Crippen LogP contribution in [0.1, 0.15) is 42.7 Å². The molecule has 3 N–H and O–H groups in total. The van der Waals surface area contributed by atoms with Gasteiger partial charge in [-0.05, 0) is 44.2 Å². The average molecular weight is 589 g/mol. The van der Waals surface area contributed by atoms with Gasteiger partial charge in [-0.3, -0.25) is 14.3 Å². The van der Waals surface area contributed by atoms with Gasteiger partial charge in [-0.1, -0.05) is 18.2 Å². The number of primary amides is 1. The number of aryl methyl sites for hydroxylation is 2. The fourth-order valence-electron chi connectivity index (χ4n) is 4.73. The molecule has 0 unspecified atom stereocenters. The molecule has 12 heteroatoms. The molecule has 0 atom stereocenters. The number of pyridine rings is 2. The van der Waals surface area contributed by atoms with E-state index in [4.69, 9.17) is 10.7 Å². The lowest BCUT2D eigenvalue weighted by molar-refractivity contribution is 0.100. The highest BCUT2D eigenvalue weighted by Crippen LogP contribution is 2.44. The van der Waals surface area contributed by atoms with Crippen LogP contribution in [0.25, 0.3) is 42.8 Å². The fraction of sp³-hybridized carbons (Fsp3) is 0.138. The van der Waals surface area contributed by atoms with Crippen molar-refractivity contribution < 1.29 is 18.4 Å². The van der Waals surface area contributed by atoms with Crippen LogP contribution in [0.2, 0.25) is 0 Å². The number of nitrogens with two attached hydrogens (primary N) is 1. The van der Waals surface area contributed by atoms with Crippen molar-refractivity contribution >= 4 is 61.3 Å². The smallest absolute Gasteiger partial charge is 0.280 e. The zero-order valence-corrected chi connectivity index (χ0v) is 23.7. The number of nitrogens with zero attached hydrogens (tertiary/aromatic N) is 4. The Morgan fingerprint density at radius 3 is 2.46 bits per heavy atom. The minimum atomic E-state index is -2.83. The first kappa shape index (κ1) is 26.7. The molecule has 0 saturated heterocycles. The third kappa shape index (κ3) is 4.64. The highest BCUT2D eigenvalue weighted by Gasteiger charge is 2.26. The molecule has 6 rings (SSSR count). The van der Waals surface area contributed by atoms with Crippen molar-refractivity contribution in [1.82, 2.24) is 19.7 Å².